The number of fused-ring (bicyclic) bond motifs is 1. The van der Waals surface area contributed by atoms with Crippen LogP contribution >= 0.6 is 15.9 Å². The van der Waals surface area contributed by atoms with Crippen molar-refractivity contribution < 1.29 is 9.53 Å². The summed E-state index contributed by atoms with van der Waals surface area (Å²) in [4.78, 5) is 16.0. The number of carbonyl (C=O) groups excluding carboxylic acids is 1. The lowest BCUT2D eigenvalue weighted by molar-refractivity contribution is 0.0636. The van der Waals surface area contributed by atoms with Gasteiger partial charge < -0.3 is 9.30 Å². The highest BCUT2D eigenvalue weighted by Crippen LogP contribution is 2.23. The predicted molar refractivity (Wildman–Crippen MR) is 78.3 cm³/mol. The molecule has 0 aromatic carbocycles. The van der Waals surface area contributed by atoms with Crippen LogP contribution < -0.4 is 5.32 Å². The van der Waals surface area contributed by atoms with Crippen molar-refractivity contribution in [3.8, 4) is 0 Å². The van der Waals surface area contributed by atoms with Crippen molar-refractivity contribution in [3.05, 3.63) is 22.9 Å². The van der Waals surface area contributed by atoms with E-state index in [1.54, 1.807) is 6.20 Å². The lowest BCUT2D eigenvalue weighted by Crippen LogP contribution is -2.27. The van der Waals surface area contributed by atoms with Gasteiger partial charge in [0.05, 0.1) is 16.5 Å². The zero-order valence-electron chi connectivity index (χ0n) is 11.3. The third-order valence-electron chi connectivity index (χ3n) is 2.45. The van der Waals surface area contributed by atoms with Gasteiger partial charge >= 0.3 is 6.09 Å². The highest BCUT2D eigenvalue weighted by atomic mass is 79.9. The molecule has 0 saturated heterocycles. The van der Waals surface area contributed by atoms with Crippen LogP contribution in [0.4, 0.5) is 10.5 Å². The highest BCUT2D eigenvalue weighted by Gasteiger charge is 2.16. The van der Waals surface area contributed by atoms with E-state index in [-0.39, 0.29) is 0 Å². The van der Waals surface area contributed by atoms with Crippen molar-refractivity contribution in [3.63, 3.8) is 0 Å². The fraction of sp³-hybridized carbons (Fsp3) is 0.385. The van der Waals surface area contributed by atoms with Crippen molar-refractivity contribution >= 4 is 38.7 Å². The fourth-order valence-corrected chi connectivity index (χ4v) is 2.09. The summed E-state index contributed by atoms with van der Waals surface area (Å²) in [5.74, 6) is 0. The summed E-state index contributed by atoms with van der Waals surface area (Å²) < 4.78 is 8.05. The van der Waals surface area contributed by atoms with Crippen molar-refractivity contribution in [2.24, 2.45) is 7.05 Å². The minimum absolute atomic E-state index is 0.483. The number of aryl methyl sites for hydroxylation is 1. The molecular weight excluding hydrogens is 310 g/mol. The summed E-state index contributed by atoms with van der Waals surface area (Å²) in [6, 6.07) is 3.81. The van der Waals surface area contributed by atoms with Crippen LogP contribution in [-0.4, -0.2) is 21.2 Å². The molecule has 0 aliphatic carbocycles. The van der Waals surface area contributed by atoms with Gasteiger partial charge in [-0.2, -0.15) is 0 Å². The molecule has 0 unspecified atom stereocenters. The minimum atomic E-state index is -0.516. The van der Waals surface area contributed by atoms with Crippen LogP contribution in [0, 0.1) is 0 Å². The molecule has 0 bridgehead atoms. The van der Waals surface area contributed by atoms with E-state index in [1.807, 2.05) is 44.5 Å². The number of halogens is 1. The predicted octanol–water partition coefficient (Wildman–Crippen LogP) is 3.68. The first kappa shape index (κ1) is 13.9. The molecule has 1 N–H and O–H groups in total. The highest BCUT2D eigenvalue weighted by molar-refractivity contribution is 9.10. The third-order valence-corrected chi connectivity index (χ3v) is 3.21. The second-order valence-electron chi connectivity index (χ2n) is 5.29. The van der Waals surface area contributed by atoms with E-state index in [0.717, 1.165) is 15.6 Å². The van der Waals surface area contributed by atoms with Crippen molar-refractivity contribution in [1.82, 2.24) is 9.55 Å². The standard InChI is InChI=1S/C13H16BrN3O2/c1-13(2,3)19-12(18)16-9-5-8-6-10(14)17(4)11(8)15-7-9/h5-7H,1-4H3,(H,16,18). The van der Waals surface area contributed by atoms with Crippen molar-refractivity contribution in [1.29, 1.82) is 0 Å². The Hall–Kier alpha value is -1.56. The van der Waals surface area contributed by atoms with Gasteiger partial charge in [-0.05, 0) is 48.8 Å². The van der Waals surface area contributed by atoms with Crippen LogP contribution in [0.5, 0.6) is 0 Å². The number of hydrogen-bond acceptors (Lipinski definition) is 3. The number of hydrogen-bond donors (Lipinski definition) is 1. The van der Waals surface area contributed by atoms with Crippen LogP contribution in [0.1, 0.15) is 20.8 Å². The number of amides is 1. The van der Waals surface area contributed by atoms with E-state index < -0.39 is 11.7 Å². The van der Waals surface area contributed by atoms with Crippen LogP contribution in [0.15, 0.2) is 22.9 Å². The second kappa shape index (κ2) is 4.85. The Labute approximate surface area is 120 Å². The molecule has 6 heteroatoms. The Kier molecular flexibility index (Phi) is 3.54. The number of rotatable bonds is 1. The molecule has 19 heavy (non-hydrogen) atoms. The molecule has 0 saturated carbocycles. The summed E-state index contributed by atoms with van der Waals surface area (Å²) in [6.07, 6.45) is 1.13. The number of ether oxygens (including phenoxy) is 1. The van der Waals surface area contributed by atoms with E-state index in [0.29, 0.717) is 5.69 Å². The quantitative estimate of drug-likeness (QED) is 0.870. The Balaban J connectivity index is 2.20. The van der Waals surface area contributed by atoms with E-state index >= 15 is 0 Å². The maximum atomic E-state index is 11.7. The maximum absolute atomic E-state index is 11.7. The molecule has 2 heterocycles. The molecule has 0 radical (unpaired) electrons. The Morgan fingerprint density at radius 1 is 1.42 bits per heavy atom. The minimum Gasteiger partial charge on any atom is -0.444 e. The van der Waals surface area contributed by atoms with Gasteiger partial charge in [0, 0.05) is 12.4 Å². The Bertz CT molecular complexity index is 629. The lowest BCUT2D eigenvalue weighted by atomic mass is 10.2. The first-order chi connectivity index (χ1) is 8.76. The summed E-state index contributed by atoms with van der Waals surface area (Å²) in [5, 5.41) is 3.62. The van der Waals surface area contributed by atoms with Crippen LogP contribution in [0.3, 0.4) is 0 Å². The van der Waals surface area contributed by atoms with Crippen molar-refractivity contribution in [2.45, 2.75) is 26.4 Å². The summed E-state index contributed by atoms with van der Waals surface area (Å²) in [5.41, 5.74) is 0.943. The normalized spacial score (nSPS) is 11.6. The zero-order valence-corrected chi connectivity index (χ0v) is 12.9. The topological polar surface area (TPSA) is 56.2 Å². The summed E-state index contributed by atoms with van der Waals surface area (Å²) in [7, 11) is 1.92. The van der Waals surface area contributed by atoms with Crippen molar-refractivity contribution in [2.75, 3.05) is 5.32 Å². The number of pyridine rings is 1. The SMILES string of the molecule is Cn1c(Br)cc2cc(NC(=O)OC(C)(C)C)cnc21. The average Bonchev–Trinajstić information content (AvgIpc) is 2.51. The van der Waals surface area contributed by atoms with Crippen LogP contribution in [-0.2, 0) is 11.8 Å². The van der Waals surface area contributed by atoms with E-state index in [1.165, 1.54) is 0 Å². The van der Waals surface area contributed by atoms with Gasteiger partial charge in [0.1, 0.15) is 11.2 Å². The van der Waals surface area contributed by atoms with Gasteiger partial charge in [0.25, 0.3) is 0 Å². The molecule has 102 valence electrons. The van der Waals surface area contributed by atoms with Crippen LogP contribution in [0.25, 0.3) is 11.0 Å². The number of nitrogens with one attached hydrogen (secondary N) is 1. The molecule has 2 aromatic heterocycles. The largest absolute Gasteiger partial charge is 0.444 e. The van der Waals surface area contributed by atoms with E-state index in [9.17, 15) is 4.79 Å². The van der Waals surface area contributed by atoms with Gasteiger partial charge in [-0.3, -0.25) is 5.32 Å². The average molecular weight is 326 g/mol. The number of nitrogens with zero attached hydrogens (tertiary/aromatic N) is 2. The molecule has 0 spiro atoms. The zero-order chi connectivity index (χ0) is 14.2. The second-order valence-corrected chi connectivity index (χ2v) is 6.10. The van der Waals surface area contributed by atoms with Gasteiger partial charge in [0.2, 0.25) is 0 Å². The number of anilines is 1. The molecule has 0 atom stereocenters. The molecule has 0 fully saturated rings. The van der Waals surface area contributed by atoms with Crippen LogP contribution in [0.2, 0.25) is 0 Å². The number of carbonyl (C=O) groups is 1. The molecule has 5 nitrogen and oxygen atoms in total. The summed E-state index contributed by atoms with van der Waals surface area (Å²) in [6.45, 7) is 5.47. The van der Waals surface area contributed by atoms with Gasteiger partial charge in [0.15, 0.2) is 0 Å². The summed E-state index contributed by atoms with van der Waals surface area (Å²) >= 11 is 3.43. The first-order valence-electron chi connectivity index (χ1n) is 5.87. The molecule has 1 amide bonds. The van der Waals surface area contributed by atoms with E-state index in [4.69, 9.17) is 4.74 Å². The monoisotopic (exact) mass is 325 g/mol. The van der Waals surface area contributed by atoms with Gasteiger partial charge in [-0.25, -0.2) is 9.78 Å². The van der Waals surface area contributed by atoms with Gasteiger partial charge in [-0.15, -0.1) is 0 Å². The maximum Gasteiger partial charge on any atom is 0.412 e. The Morgan fingerprint density at radius 2 is 2.11 bits per heavy atom. The fourth-order valence-electron chi connectivity index (χ4n) is 1.68. The number of aromatic nitrogens is 2. The molecular formula is C13H16BrN3O2. The van der Waals surface area contributed by atoms with E-state index in [2.05, 4.69) is 26.2 Å². The Morgan fingerprint density at radius 3 is 2.74 bits per heavy atom. The van der Waals surface area contributed by atoms with Gasteiger partial charge in [-0.1, -0.05) is 0 Å². The molecule has 0 aliphatic rings. The third kappa shape index (κ3) is 3.26. The molecule has 2 rings (SSSR count). The lowest BCUT2D eigenvalue weighted by Gasteiger charge is -2.19. The first-order valence-corrected chi connectivity index (χ1v) is 6.66. The molecule has 2 aromatic rings. The molecule has 0 aliphatic heterocycles. The smallest absolute Gasteiger partial charge is 0.412 e.